The second-order valence-corrected chi connectivity index (χ2v) is 12.4. The van der Waals surface area contributed by atoms with E-state index in [4.69, 9.17) is 21.6 Å². The van der Waals surface area contributed by atoms with Gasteiger partial charge in [-0.25, -0.2) is 9.97 Å². The summed E-state index contributed by atoms with van der Waals surface area (Å²) in [6, 6.07) is 8.06. The van der Waals surface area contributed by atoms with Gasteiger partial charge in [-0.05, 0) is 82.0 Å². The van der Waals surface area contributed by atoms with Crippen molar-refractivity contribution in [2.24, 2.45) is 5.41 Å². The van der Waals surface area contributed by atoms with Crippen LogP contribution in [0.15, 0.2) is 30.6 Å². The Morgan fingerprint density at radius 3 is 2.48 bits per heavy atom. The Kier molecular flexibility index (Phi) is 8.10. The highest BCUT2D eigenvalue weighted by molar-refractivity contribution is 6.31. The first-order valence-electron chi connectivity index (χ1n) is 14.7. The molecule has 2 N–H and O–H groups in total. The summed E-state index contributed by atoms with van der Waals surface area (Å²) >= 11 is 6.12. The molecule has 1 aliphatic carbocycles. The predicted molar refractivity (Wildman–Crippen MR) is 154 cm³/mol. The van der Waals surface area contributed by atoms with E-state index in [1.807, 2.05) is 0 Å². The van der Waals surface area contributed by atoms with Gasteiger partial charge in [-0.15, -0.1) is 0 Å². The fourth-order valence-corrected chi connectivity index (χ4v) is 7.02. The summed E-state index contributed by atoms with van der Waals surface area (Å²) in [4.78, 5) is 26.9. The van der Waals surface area contributed by atoms with Crippen molar-refractivity contribution in [2.45, 2.75) is 69.6 Å². The summed E-state index contributed by atoms with van der Waals surface area (Å²) in [5.41, 5.74) is 1.28. The molecule has 0 radical (unpaired) electrons. The minimum atomic E-state index is -0.174. The average Bonchev–Trinajstić information content (AvgIpc) is 2.98. The predicted octanol–water partition coefficient (Wildman–Crippen LogP) is 3.78. The Morgan fingerprint density at radius 2 is 1.82 bits per heavy atom. The standard InChI is InChI=1S/C30H38ClN7O2/c31-26-15-25(4-1-21(26)16-32)40-24-5-2-22(3-6-24)36-29(39)27-17-35-28(18-34-27)37-13-9-30(10-14-37)19-38(20-30)23-7-11-33-12-8-23/h1,4,15,17-18,22-24,33H,2-3,5-14,19-20H2,(H,36,39). The van der Waals surface area contributed by atoms with Gasteiger partial charge in [0.15, 0.2) is 0 Å². The van der Waals surface area contributed by atoms with Crippen LogP contribution in [0, 0.1) is 16.7 Å². The van der Waals surface area contributed by atoms with E-state index >= 15 is 0 Å². The van der Waals surface area contributed by atoms with Crippen molar-refractivity contribution in [2.75, 3.05) is 44.2 Å². The highest BCUT2D eigenvalue weighted by atomic mass is 35.5. The first kappa shape index (κ1) is 27.3. The molecule has 3 saturated heterocycles. The number of hydrogen-bond acceptors (Lipinski definition) is 8. The lowest BCUT2D eigenvalue weighted by Crippen LogP contribution is -2.64. The lowest BCUT2D eigenvalue weighted by atomic mass is 9.71. The van der Waals surface area contributed by atoms with Crippen molar-refractivity contribution in [1.82, 2.24) is 25.5 Å². The van der Waals surface area contributed by atoms with Crippen LogP contribution >= 0.6 is 11.6 Å². The second kappa shape index (κ2) is 11.9. The van der Waals surface area contributed by atoms with Crippen LogP contribution < -0.4 is 20.3 Å². The molecule has 4 fully saturated rings. The number of rotatable bonds is 6. The van der Waals surface area contributed by atoms with Crippen molar-refractivity contribution in [3.05, 3.63) is 46.9 Å². The molecule has 0 bridgehead atoms. The molecule has 4 heterocycles. The van der Waals surface area contributed by atoms with Crippen LogP contribution in [0.4, 0.5) is 5.82 Å². The van der Waals surface area contributed by atoms with Gasteiger partial charge in [-0.1, -0.05) is 11.6 Å². The zero-order chi connectivity index (χ0) is 27.5. The van der Waals surface area contributed by atoms with Crippen LogP contribution in [0.1, 0.15) is 67.4 Å². The molecular formula is C30H38ClN7O2. The molecule has 9 nitrogen and oxygen atoms in total. The topological polar surface area (TPSA) is 106 Å². The van der Waals surface area contributed by atoms with Crippen LogP contribution in [0.3, 0.4) is 0 Å². The maximum Gasteiger partial charge on any atom is 0.271 e. The molecule has 6 rings (SSSR count). The average molecular weight is 564 g/mol. The van der Waals surface area contributed by atoms with Gasteiger partial charge in [-0.3, -0.25) is 9.69 Å². The smallest absolute Gasteiger partial charge is 0.271 e. The largest absolute Gasteiger partial charge is 0.490 e. The van der Waals surface area contributed by atoms with Crippen LogP contribution in [-0.2, 0) is 0 Å². The number of nitrogens with zero attached hydrogens (tertiary/aromatic N) is 5. The van der Waals surface area contributed by atoms with Crippen molar-refractivity contribution in [1.29, 1.82) is 5.26 Å². The van der Waals surface area contributed by atoms with E-state index in [-0.39, 0.29) is 18.1 Å². The second-order valence-electron chi connectivity index (χ2n) is 12.0. The summed E-state index contributed by atoms with van der Waals surface area (Å²) in [7, 11) is 0. The van der Waals surface area contributed by atoms with Gasteiger partial charge < -0.3 is 20.3 Å². The maximum atomic E-state index is 12.9. The highest BCUT2D eigenvalue weighted by Crippen LogP contribution is 2.43. The Labute approximate surface area is 241 Å². The lowest BCUT2D eigenvalue weighted by molar-refractivity contribution is -0.0537. The Balaban J connectivity index is 0.931. The lowest BCUT2D eigenvalue weighted by Gasteiger charge is -2.57. The van der Waals surface area contributed by atoms with E-state index in [1.165, 1.54) is 38.8 Å². The van der Waals surface area contributed by atoms with Gasteiger partial charge in [0.05, 0.1) is 29.1 Å². The van der Waals surface area contributed by atoms with Gasteiger partial charge in [0.2, 0.25) is 0 Å². The molecular weight excluding hydrogens is 526 g/mol. The summed E-state index contributed by atoms with van der Waals surface area (Å²) < 4.78 is 6.06. The Hall–Kier alpha value is -2.93. The van der Waals surface area contributed by atoms with Crippen molar-refractivity contribution < 1.29 is 9.53 Å². The molecule has 40 heavy (non-hydrogen) atoms. The minimum Gasteiger partial charge on any atom is -0.490 e. The summed E-state index contributed by atoms with van der Waals surface area (Å²) in [5.74, 6) is 1.36. The van der Waals surface area contributed by atoms with Gasteiger partial charge in [-0.2, -0.15) is 5.26 Å². The molecule has 1 aromatic carbocycles. The zero-order valence-electron chi connectivity index (χ0n) is 22.9. The zero-order valence-corrected chi connectivity index (χ0v) is 23.7. The third-order valence-corrected chi connectivity index (χ3v) is 9.61. The summed E-state index contributed by atoms with van der Waals surface area (Å²) in [6.07, 6.45) is 11.7. The van der Waals surface area contributed by atoms with Gasteiger partial charge >= 0.3 is 0 Å². The number of benzene rings is 1. The monoisotopic (exact) mass is 563 g/mol. The van der Waals surface area contributed by atoms with Crippen LogP contribution in [0.2, 0.25) is 5.02 Å². The SMILES string of the molecule is N#Cc1ccc(OC2CCC(NC(=O)c3cnc(N4CCC5(CC4)CN(C4CCNCC4)C5)cn3)CC2)cc1Cl. The highest BCUT2D eigenvalue weighted by Gasteiger charge is 2.47. The van der Waals surface area contributed by atoms with Gasteiger partial charge in [0, 0.05) is 44.3 Å². The molecule has 3 aliphatic heterocycles. The fraction of sp³-hybridized carbons (Fsp3) is 0.600. The van der Waals surface area contributed by atoms with Crippen LogP contribution in [0.5, 0.6) is 5.75 Å². The molecule has 0 unspecified atom stereocenters. The van der Waals surface area contributed by atoms with E-state index < -0.39 is 0 Å². The van der Waals surface area contributed by atoms with E-state index in [1.54, 1.807) is 30.6 Å². The quantitative estimate of drug-likeness (QED) is 0.547. The number of nitrogens with one attached hydrogen (secondary N) is 2. The number of aromatic nitrogens is 2. The third-order valence-electron chi connectivity index (χ3n) is 9.29. The number of nitriles is 1. The molecule has 1 spiro atoms. The number of amides is 1. The summed E-state index contributed by atoms with van der Waals surface area (Å²) in [5, 5.41) is 16.0. The van der Waals surface area contributed by atoms with E-state index in [9.17, 15) is 4.79 Å². The maximum absolute atomic E-state index is 12.9. The molecule has 2 aromatic rings. The number of carbonyl (C=O) groups is 1. The van der Waals surface area contributed by atoms with E-state index in [0.717, 1.165) is 63.7 Å². The molecule has 1 amide bonds. The number of halogens is 1. The Bertz CT molecular complexity index is 1220. The minimum absolute atomic E-state index is 0.0625. The first-order valence-corrected chi connectivity index (χ1v) is 15.1. The van der Waals surface area contributed by atoms with Crippen LogP contribution in [0.25, 0.3) is 0 Å². The van der Waals surface area contributed by atoms with Crippen molar-refractivity contribution >= 4 is 23.3 Å². The van der Waals surface area contributed by atoms with Gasteiger partial charge in [0.25, 0.3) is 5.91 Å². The molecule has 10 heteroatoms. The first-order chi connectivity index (χ1) is 19.5. The number of anilines is 1. The molecule has 1 aromatic heterocycles. The number of hydrogen-bond donors (Lipinski definition) is 2. The number of likely N-dealkylation sites (tertiary alicyclic amines) is 1. The van der Waals surface area contributed by atoms with Crippen LogP contribution in [-0.4, -0.2) is 78.2 Å². The third kappa shape index (κ3) is 6.04. The summed E-state index contributed by atoms with van der Waals surface area (Å²) in [6.45, 7) is 6.80. The van der Waals surface area contributed by atoms with Crippen molar-refractivity contribution in [3.63, 3.8) is 0 Å². The van der Waals surface area contributed by atoms with E-state index in [2.05, 4.69) is 36.5 Å². The normalized spacial score (nSPS) is 25.1. The fourth-order valence-electron chi connectivity index (χ4n) is 6.81. The molecule has 4 aliphatic rings. The number of ether oxygens (including phenoxy) is 1. The molecule has 0 atom stereocenters. The molecule has 212 valence electrons. The van der Waals surface area contributed by atoms with Crippen molar-refractivity contribution in [3.8, 4) is 11.8 Å². The molecule has 1 saturated carbocycles. The van der Waals surface area contributed by atoms with Gasteiger partial charge in [0.1, 0.15) is 23.3 Å². The Morgan fingerprint density at radius 1 is 1.07 bits per heavy atom. The number of piperidine rings is 2. The van der Waals surface area contributed by atoms with E-state index in [0.29, 0.717) is 27.4 Å². The number of carbonyl (C=O) groups excluding carboxylic acids is 1.